The van der Waals surface area contributed by atoms with Gasteiger partial charge < -0.3 is 30.2 Å². The molecule has 12 nitrogen and oxygen atoms in total. The number of aromatic amines is 2. The van der Waals surface area contributed by atoms with Crippen LogP contribution in [0.1, 0.15) is 81.5 Å². The molecule has 1 saturated heterocycles. The number of pyridine rings is 1. The SMILES string of the molecule is COC(=O)NC(C(=O)N1CCCC1c1ncc(-c2ccc(-c3ccc(-c4cnc(C5CC6CCC5C6)[nH]4)cc3)cc2)[nH]1)C(C)C.O=CNCCc1ccncc1. The number of alkyl carbamates (subject to hydrolysis) is 1. The highest BCUT2D eigenvalue weighted by Crippen LogP contribution is 2.52. The fourth-order valence-corrected chi connectivity index (χ4v) is 8.61. The fraction of sp³-hybridized carbons (Fsp3) is 0.409. The summed E-state index contributed by atoms with van der Waals surface area (Å²) >= 11 is 0. The molecule has 0 radical (unpaired) electrons. The molecule has 2 aromatic carbocycles. The van der Waals surface area contributed by atoms with E-state index in [-0.39, 0.29) is 17.9 Å². The molecule has 8 rings (SSSR count). The summed E-state index contributed by atoms with van der Waals surface area (Å²) in [5, 5.41) is 5.30. The Kier molecular flexibility index (Phi) is 12.2. The Morgan fingerprint density at radius 3 is 2.05 bits per heavy atom. The lowest BCUT2D eigenvalue weighted by Gasteiger charge is -2.30. The van der Waals surface area contributed by atoms with Gasteiger partial charge in [0.1, 0.15) is 17.7 Å². The van der Waals surface area contributed by atoms with Crippen molar-refractivity contribution in [2.75, 3.05) is 20.2 Å². The normalized spacial score (nSPS) is 20.3. The van der Waals surface area contributed by atoms with Gasteiger partial charge in [-0.25, -0.2) is 14.8 Å². The number of carbonyl (C=O) groups is 3. The van der Waals surface area contributed by atoms with Crippen LogP contribution in [0.4, 0.5) is 4.79 Å². The molecule has 4 N–H and O–H groups in total. The number of H-pyrrole nitrogens is 2. The van der Waals surface area contributed by atoms with E-state index in [4.69, 9.17) is 9.72 Å². The molecule has 3 fully saturated rings. The number of benzene rings is 2. The number of fused-ring (bicyclic) bond motifs is 2. The summed E-state index contributed by atoms with van der Waals surface area (Å²) in [6.45, 7) is 5.15. The molecule has 292 valence electrons. The Bertz CT molecular complexity index is 2060. The van der Waals surface area contributed by atoms with Crippen LogP contribution in [-0.4, -0.2) is 74.5 Å². The zero-order valence-electron chi connectivity index (χ0n) is 32.4. The lowest BCUT2D eigenvalue weighted by molar-refractivity contribution is -0.135. The molecule has 3 amide bonds. The van der Waals surface area contributed by atoms with E-state index in [9.17, 15) is 14.4 Å². The lowest BCUT2D eigenvalue weighted by atomic mass is 9.88. The number of nitrogens with one attached hydrogen (secondary N) is 4. The largest absolute Gasteiger partial charge is 0.453 e. The lowest BCUT2D eigenvalue weighted by Crippen LogP contribution is -2.51. The van der Waals surface area contributed by atoms with Crippen LogP contribution in [0.2, 0.25) is 0 Å². The number of hydrogen-bond acceptors (Lipinski definition) is 7. The highest BCUT2D eigenvalue weighted by atomic mass is 16.5. The molecule has 1 aliphatic heterocycles. The Labute approximate surface area is 328 Å². The molecule has 3 aliphatic rings. The molecule has 3 aromatic heterocycles. The van der Waals surface area contributed by atoms with Crippen molar-refractivity contribution in [2.45, 2.75) is 76.8 Å². The minimum Gasteiger partial charge on any atom is -0.453 e. The van der Waals surface area contributed by atoms with Gasteiger partial charge in [0, 0.05) is 31.4 Å². The maximum Gasteiger partial charge on any atom is 0.407 e. The highest BCUT2D eigenvalue weighted by molar-refractivity contribution is 5.86. The topological polar surface area (TPSA) is 158 Å². The van der Waals surface area contributed by atoms with E-state index >= 15 is 0 Å². The molecule has 5 atom stereocenters. The average Bonchev–Trinajstić information content (AvgIpc) is 4.09. The smallest absolute Gasteiger partial charge is 0.407 e. The van der Waals surface area contributed by atoms with E-state index in [1.54, 1.807) is 12.4 Å². The van der Waals surface area contributed by atoms with E-state index in [1.807, 2.05) is 43.3 Å². The first-order valence-corrected chi connectivity index (χ1v) is 19.8. The molecule has 2 aliphatic carbocycles. The minimum atomic E-state index is -0.655. The van der Waals surface area contributed by atoms with E-state index < -0.39 is 12.1 Å². The second-order valence-electron chi connectivity index (χ2n) is 15.5. The van der Waals surface area contributed by atoms with Crippen molar-refractivity contribution in [2.24, 2.45) is 17.8 Å². The van der Waals surface area contributed by atoms with Gasteiger partial charge in [0.15, 0.2) is 0 Å². The first-order valence-electron chi connectivity index (χ1n) is 19.8. The number of aromatic nitrogens is 5. The summed E-state index contributed by atoms with van der Waals surface area (Å²) in [7, 11) is 1.30. The predicted molar refractivity (Wildman–Crippen MR) is 215 cm³/mol. The first kappa shape index (κ1) is 38.5. The summed E-state index contributed by atoms with van der Waals surface area (Å²) in [4.78, 5) is 57.5. The Balaban J connectivity index is 0.000000378. The van der Waals surface area contributed by atoms with Crippen LogP contribution in [0.5, 0.6) is 0 Å². The third kappa shape index (κ3) is 8.85. The zero-order chi connectivity index (χ0) is 39.0. The average molecular weight is 757 g/mol. The summed E-state index contributed by atoms with van der Waals surface area (Å²) in [6, 6.07) is 20.2. The molecular weight excluding hydrogens is 705 g/mol. The van der Waals surface area contributed by atoms with Gasteiger partial charge in [-0.2, -0.15) is 0 Å². The van der Waals surface area contributed by atoms with Crippen molar-refractivity contribution in [3.8, 4) is 33.6 Å². The van der Waals surface area contributed by atoms with Gasteiger partial charge in [-0.3, -0.25) is 14.6 Å². The molecule has 4 heterocycles. The van der Waals surface area contributed by atoms with Crippen LogP contribution in [0.15, 0.2) is 85.5 Å². The van der Waals surface area contributed by atoms with Crippen LogP contribution in [0.3, 0.4) is 0 Å². The van der Waals surface area contributed by atoms with Gasteiger partial charge in [0.25, 0.3) is 0 Å². The van der Waals surface area contributed by atoms with Crippen LogP contribution in [0, 0.1) is 17.8 Å². The first-order chi connectivity index (χ1) is 27.3. The molecule has 2 bridgehead atoms. The molecule has 56 heavy (non-hydrogen) atoms. The van der Waals surface area contributed by atoms with Gasteiger partial charge >= 0.3 is 6.09 Å². The number of nitrogens with zero attached hydrogens (tertiary/aromatic N) is 4. The third-order valence-corrected chi connectivity index (χ3v) is 11.6. The quantitative estimate of drug-likeness (QED) is 0.0761. The molecule has 5 unspecified atom stereocenters. The van der Waals surface area contributed by atoms with Crippen molar-refractivity contribution in [3.63, 3.8) is 0 Å². The van der Waals surface area contributed by atoms with Crippen LogP contribution in [-0.2, 0) is 20.7 Å². The van der Waals surface area contributed by atoms with Gasteiger partial charge in [-0.05, 0) is 96.2 Å². The van der Waals surface area contributed by atoms with Crippen molar-refractivity contribution in [1.29, 1.82) is 0 Å². The number of rotatable bonds is 12. The molecule has 12 heteroatoms. The van der Waals surface area contributed by atoms with Gasteiger partial charge in [0.2, 0.25) is 12.3 Å². The number of carbonyl (C=O) groups excluding carboxylic acids is 3. The monoisotopic (exact) mass is 756 g/mol. The Morgan fingerprint density at radius 2 is 1.48 bits per heavy atom. The molecular formula is C44H52N8O4. The highest BCUT2D eigenvalue weighted by Gasteiger charge is 2.41. The standard InChI is InChI=1S/C36H42N6O3.C8H10N2O/c1-21(2)32(41-36(44)45-3)35(43)42-16-4-5-31(42)34-38-20-30(40-34)26-14-10-24(11-15-26)23-8-12-25(13-9-23)29-19-37-33(39-29)28-18-22-6-7-27(28)17-22;11-7-10-6-3-8-1-4-9-5-2-8/h8-15,19-22,27-28,31-32H,4-7,16-18H2,1-3H3,(H,37,39)(H,38,40)(H,41,44);1-2,4-5,7H,3,6H2,(H,10,11). The van der Waals surface area contributed by atoms with Gasteiger partial charge in [-0.15, -0.1) is 0 Å². The van der Waals surface area contributed by atoms with E-state index in [1.165, 1.54) is 44.2 Å². The van der Waals surface area contributed by atoms with Crippen molar-refractivity contribution < 1.29 is 19.1 Å². The summed E-state index contributed by atoms with van der Waals surface area (Å²) in [5.41, 5.74) is 7.67. The maximum atomic E-state index is 13.5. The predicted octanol–water partition coefficient (Wildman–Crippen LogP) is 7.45. The minimum absolute atomic E-state index is 0.0743. The van der Waals surface area contributed by atoms with Crippen LogP contribution >= 0.6 is 0 Å². The van der Waals surface area contributed by atoms with E-state index in [0.29, 0.717) is 25.4 Å². The van der Waals surface area contributed by atoms with E-state index in [0.717, 1.165) is 70.6 Å². The summed E-state index contributed by atoms with van der Waals surface area (Å²) in [6.07, 6.45) is 15.4. The number of ether oxygens (including phenoxy) is 1. The second kappa shape index (κ2) is 17.8. The van der Waals surface area contributed by atoms with Crippen molar-refractivity contribution in [1.82, 2.24) is 40.5 Å². The molecule has 2 saturated carbocycles. The fourth-order valence-electron chi connectivity index (χ4n) is 8.61. The van der Waals surface area contributed by atoms with Crippen molar-refractivity contribution >= 4 is 18.4 Å². The second-order valence-corrected chi connectivity index (χ2v) is 15.5. The maximum absolute atomic E-state index is 13.5. The number of methoxy groups -OCH3 is 1. The molecule has 0 spiro atoms. The summed E-state index contributed by atoms with van der Waals surface area (Å²) in [5.74, 6) is 4.07. The van der Waals surface area contributed by atoms with Gasteiger partial charge in [0.05, 0.1) is 36.9 Å². The van der Waals surface area contributed by atoms with Crippen LogP contribution in [0.25, 0.3) is 33.6 Å². The van der Waals surface area contributed by atoms with Crippen molar-refractivity contribution in [3.05, 3.63) is 103 Å². The number of imidazole rings is 2. The van der Waals surface area contributed by atoms with E-state index in [2.05, 4.69) is 79.1 Å². The van der Waals surface area contributed by atoms with Gasteiger partial charge in [-0.1, -0.05) is 68.8 Å². The Hall–Kier alpha value is -5.78. The molecule has 5 aromatic rings. The third-order valence-electron chi connectivity index (χ3n) is 11.6. The zero-order valence-corrected chi connectivity index (χ0v) is 32.4. The summed E-state index contributed by atoms with van der Waals surface area (Å²) < 4.78 is 4.75. The number of likely N-dealkylation sites (tertiary alicyclic amines) is 1. The number of hydrogen-bond donors (Lipinski definition) is 4. The number of amides is 3. The van der Waals surface area contributed by atoms with Crippen LogP contribution < -0.4 is 10.6 Å². The Morgan fingerprint density at radius 1 is 0.857 bits per heavy atom.